The van der Waals surface area contributed by atoms with Crippen molar-refractivity contribution in [1.29, 1.82) is 0 Å². The molecule has 0 atom stereocenters. The van der Waals surface area contributed by atoms with E-state index in [0.29, 0.717) is 5.92 Å². The van der Waals surface area contributed by atoms with E-state index in [2.05, 4.69) is 65.2 Å². The van der Waals surface area contributed by atoms with Crippen molar-refractivity contribution in [3.8, 4) is 0 Å². The zero-order valence-electron chi connectivity index (χ0n) is 17.2. The number of nitrogens with zero attached hydrogens (tertiary/aromatic N) is 4. The standard InChI is InChI=1S/C21H35N5O/c1-18(2)8-9-22-21(27)26-16-14-25(15-17-26)20-6-4-19(5-7-20)24-12-10-23(3)11-13-24/h4-7,18H,8-17H2,1-3H3,(H,22,27). The molecule has 0 unspecified atom stereocenters. The fourth-order valence-corrected chi connectivity index (χ4v) is 3.69. The Kier molecular flexibility index (Phi) is 6.83. The van der Waals surface area contributed by atoms with Crippen LogP contribution in [-0.2, 0) is 0 Å². The zero-order chi connectivity index (χ0) is 19.2. The molecule has 0 aromatic heterocycles. The molecule has 0 bridgehead atoms. The molecule has 2 aliphatic rings. The van der Waals surface area contributed by atoms with Crippen LogP contribution in [0, 0.1) is 5.92 Å². The summed E-state index contributed by atoms with van der Waals surface area (Å²) in [6.07, 6.45) is 1.03. The van der Waals surface area contributed by atoms with E-state index in [4.69, 9.17) is 0 Å². The second-order valence-corrected chi connectivity index (χ2v) is 8.20. The van der Waals surface area contributed by atoms with Crippen LogP contribution in [0.3, 0.4) is 0 Å². The Morgan fingerprint density at radius 2 is 1.37 bits per heavy atom. The van der Waals surface area contributed by atoms with Gasteiger partial charge in [0.25, 0.3) is 0 Å². The van der Waals surface area contributed by atoms with Gasteiger partial charge in [-0.1, -0.05) is 13.8 Å². The average molecular weight is 374 g/mol. The Bertz CT molecular complexity index is 587. The van der Waals surface area contributed by atoms with Gasteiger partial charge in [-0.2, -0.15) is 0 Å². The smallest absolute Gasteiger partial charge is 0.317 e. The van der Waals surface area contributed by atoms with Gasteiger partial charge in [0.2, 0.25) is 0 Å². The molecule has 2 heterocycles. The summed E-state index contributed by atoms with van der Waals surface area (Å²) in [6.45, 7) is 12.9. The number of likely N-dealkylation sites (N-methyl/N-ethyl adjacent to an activating group) is 1. The maximum absolute atomic E-state index is 12.3. The number of hydrogen-bond donors (Lipinski definition) is 1. The van der Waals surface area contributed by atoms with E-state index in [1.54, 1.807) is 0 Å². The van der Waals surface area contributed by atoms with Crippen molar-refractivity contribution in [3.05, 3.63) is 24.3 Å². The van der Waals surface area contributed by atoms with Crippen molar-refractivity contribution in [2.24, 2.45) is 5.92 Å². The number of urea groups is 1. The molecule has 150 valence electrons. The highest BCUT2D eigenvalue weighted by Gasteiger charge is 2.21. The van der Waals surface area contributed by atoms with Crippen LogP contribution < -0.4 is 15.1 Å². The van der Waals surface area contributed by atoms with Crippen molar-refractivity contribution < 1.29 is 4.79 Å². The number of hydrogen-bond acceptors (Lipinski definition) is 4. The third-order valence-corrected chi connectivity index (χ3v) is 5.65. The molecular weight excluding hydrogens is 338 g/mol. The summed E-state index contributed by atoms with van der Waals surface area (Å²) in [7, 11) is 2.19. The topological polar surface area (TPSA) is 42.1 Å². The molecule has 2 amide bonds. The number of piperazine rings is 2. The van der Waals surface area contributed by atoms with Crippen molar-refractivity contribution in [1.82, 2.24) is 15.1 Å². The van der Waals surface area contributed by atoms with E-state index in [1.807, 2.05) is 4.90 Å². The van der Waals surface area contributed by atoms with E-state index in [0.717, 1.165) is 65.3 Å². The van der Waals surface area contributed by atoms with Crippen molar-refractivity contribution in [2.75, 3.05) is 75.8 Å². The van der Waals surface area contributed by atoms with E-state index in [9.17, 15) is 4.79 Å². The summed E-state index contributed by atoms with van der Waals surface area (Å²) in [5.41, 5.74) is 2.57. The van der Waals surface area contributed by atoms with Crippen LogP contribution in [-0.4, -0.2) is 81.8 Å². The summed E-state index contributed by atoms with van der Waals surface area (Å²) in [4.78, 5) is 21.4. The largest absolute Gasteiger partial charge is 0.369 e. The van der Waals surface area contributed by atoms with Crippen LogP contribution in [0.15, 0.2) is 24.3 Å². The molecule has 0 aliphatic carbocycles. The Morgan fingerprint density at radius 3 is 1.85 bits per heavy atom. The molecule has 0 radical (unpaired) electrons. The molecule has 0 saturated carbocycles. The maximum atomic E-state index is 12.3. The minimum Gasteiger partial charge on any atom is -0.369 e. The van der Waals surface area contributed by atoms with Crippen molar-refractivity contribution in [2.45, 2.75) is 20.3 Å². The fraction of sp³-hybridized carbons (Fsp3) is 0.667. The number of benzene rings is 1. The summed E-state index contributed by atoms with van der Waals surface area (Å²) in [5.74, 6) is 0.621. The zero-order valence-corrected chi connectivity index (χ0v) is 17.2. The molecule has 3 rings (SSSR count). The number of anilines is 2. The first-order valence-electron chi connectivity index (χ1n) is 10.3. The normalized spacial score (nSPS) is 18.9. The highest BCUT2D eigenvalue weighted by molar-refractivity contribution is 5.74. The van der Waals surface area contributed by atoms with Gasteiger partial charge in [0.15, 0.2) is 0 Å². The van der Waals surface area contributed by atoms with Gasteiger partial charge in [-0.3, -0.25) is 0 Å². The lowest BCUT2D eigenvalue weighted by atomic mass is 10.1. The van der Waals surface area contributed by atoms with Crippen LogP contribution in [0.2, 0.25) is 0 Å². The number of carbonyl (C=O) groups is 1. The predicted molar refractivity (Wildman–Crippen MR) is 113 cm³/mol. The van der Waals surface area contributed by atoms with Gasteiger partial charge in [-0.25, -0.2) is 4.79 Å². The van der Waals surface area contributed by atoms with E-state index in [1.165, 1.54) is 11.4 Å². The van der Waals surface area contributed by atoms with Crippen LogP contribution >= 0.6 is 0 Å². The minimum atomic E-state index is 0.0840. The highest BCUT2D eigenvalue weighted by Crippen LogP contribution is 2.22. The maximum Gasteiger partial charge on any atom is 0.317 e. The highest BCUT2D eigenvalue weighted by atomic mass is 16.2. The van der Waals surface area contributed by atoms with Gasteiger partial charge < -0.3 is 24.9 Å². The first kappa shape index (κ1) is 19.8. The molecule has 2 aliphatic heterocycles. The second kappa shape index (κ2) is 9.31. The number of nitrogens with one attached hydrogen (secondary N) is 1. The van der Waals surface area contributed by atoms with Crippen molar-refractivity contribution >= 4 is 17.4 Å². The van der Waals surface area contributed by atoms with Crippen LogP contribution in [0.25, 0.3) is 0 Å². The van der Waals surface area contributed by atoms with E-state index < -0.39 is 0 Å². The van der Waals surface area contributed by atoms with Crippen LogP contribution in [0.4, 0.5) is 16.2 Å². The number of rotatable bonds is 5. The Morgan fingerprint density at radius 1 is 0.889 bits per heavy atom. The monoisotopic (exact) mass is 373 g/mol. The van der Waals surface area contributed by atoms with Gasteiger partial charge in [0, 0.05) is 70.3 Å². The predicted octanol–water partition coefficient (Wildman–Crippen LogP) is 2.32. The van der Waals surface area contributed by atoms with Gasteiger partial charge >= 0.3 is 6.03 Å². The number of carbonyl (C=O) groups excluding carboxylic acids is 1. The third kappa shape index (κ3) is 5.51. The lowest BCUT2D eigenvalue weighted by molar-refractivity contribution is 0.194. The molecule has 1 N–H and O–H groups in total. The molecule has 2 fully saturated rings. The minimum absolute atomic E-state index is 0.0840. The van der Waals surface area contributed by atoms with Gasteiger partial charge in [-0.15, -0.1) is 0 Å². The van der Waals surface area contributed by atoms with Gasteiger partial charge in [0.05, 0.1) is 0 Å². The molecule has 1 aromatic carbocycles. The second-order valence-electron chi connectivity index (χ2n) is 8.20. The Hall–Kier alpha value is -1.95. The Labute approximate surface area is 164 Å². The van der Waals surface area contributed by atoms with Crippen molar-refractivity contribution in [3.63, 3.8) is 0 Å². The van der Waals surface area contributed by atoms with E-state index in [-0.39, 0.29) is 6.03 Å². The first-order valence-corrected chi connectivity index (χ1v) is 10.3. The molecule has 6 heteroatoms. The summed E-state index contributed by atoms with van der Waals surface area (Å²) < 4.78 is 0. The van der Waals surface area contributed by atoms with Gasteiger partial charge in [0.1, 0.15) is 0 Å². The summed E-state index contributed by atoms with van der Waals surface area (Å²) in [6, 6.07) is 9.02. The Balaban J connectivity index is 1.46. The molecule has 1 aromatic rings. The summed E-state index contributed by atoms with van der Waals surface area (Å²) >= 11 is 0. The average Bonchev–Trinajstić information content (AvgIpc) is 2.68. The quantitative estimate of drug-likeness (QED) is 0.860. The number of amides is 2. The molecule has 6 nitrogen and oxygen atoms in total. The fourth-order valence-electron chi connectivity index (χ4n) is 3.69. The molecule has 0 spiro atoms. The van der Waals surface area contributed by atoms with E-state index >= 15 is 0 Å². The molecule has 2 saturated heterocycles. The molecule has 27 heavy (non-hydrogen) atoms. The lowest BCUT2D eigenvalue weighted by Crippen LogP contribution is -2.52. The molecular formula is C21H35N5O. The SMILES string of the molecule is CC(C)CCNC(=O)N1CCN(c2ccc(N3CCN(C)CC3)cc2)CC1. The summed E-state index contributed by atoms with van der Waals surface area (Å²) in [5, 5.41) is 3.04. The van der Waals surface area contributed by atoms with Gasteiger partial charge in [-0.05, 0) is 43.7 Å². The lowest BCUT2D eigenvalue weighted by Gasteiger charge is -2.37. The first-order chi connectivity index (χ1) is 13.0. The van der Waals surface area contributed by atoms with Crippen LogP contribution in [0.1, 0.15) is 20.3 Å². The third-order valence-electron chi connectivity index (χ3n) is 5.65. The van der Waals surface area contributed by atoms with Crippen LogP contribution in [0.5, 0.6) is 0 Å².